The van der Waals surface area contributed by atoms with E-state index >= 15 is 0 Å². The van der Waals surface area contributed by atoms with Crippen molar-refractivity contribution in [2.75, 3.05) is 13.6 Å². The van der Waals surface area contributed by atoms with Gasteiger partial charge in [-0.15, -0.1) is 0 Å². The van der Waals surface area contributed by atoms with Gasteiger partial charge in [0.2, 0.25) is 0 Å². The van der Waals surface area contributed by atoms with E-state index in [-0.39, 0.29) is 6.03 Å². The van der Waals surface area contributed by atoms with Gasteiger partial charge in [0, 0.05) is 13.6 Å². The molecule has 0 aliphatic heterocycles. The molecule has 2 amide bonds. The summed E-state index contributed by atoms with van der Waals surface area (Å²) in [5.41, 5.74) is 0. The lowest BCUT2D eigenvalue weighted by Gasteiger charge is -2.05. The fraction of sp³-hybridized carbons (Fsp3) is 0.950. The van der Waals surface area contributed by atoms with Crippen molar-refractivity contribution in [1.29, 1.82) is 0 Å². The van der Waals surface area contributed by atoms with Crippen molar-refractivity contribution < 1.29 is 4.79 Å². The number of rotatable bonds is 17. The zero-order chi connectivity index (χ0) is 17.0. The van der Waals surface area contributed by atoms with Crippen molar-refractivity contribution in [2.45, 2.75) is 110 Å². The third kappa shape index (κ3) is 19.2. The highest BCUT2D eigenvalue weighted by atomic mass is 16.2. The van der Waals surface area contributed by atoms with E-state index in [0.717, 1.165) is 13.0 Å². The van der Waals surface area contributed by atoms with Gasteiger partial charge in [0.25, 0.3) is 0 Å². The normalized spacial score (nSPS) is 10.7. The molecule has 0 saturated carbocycles. The minimum absolute atomic E-state index is 0.0639. The summed E-state index contributed by atoms with van der Waals surface area (Å²) in [5, 5.41) is 5.40. The van der Waals surface area contributed by atoms with Crippen LogP contribution in [0.4, 0.5) is 4.79 Å². The zero-order valence-electron chi connectivity index (χ0n) is 15.9. The number of hydrogen-bond acceptors (Lipinski definition) is 1. The standard InChI is InChI=1S/C20H42N2O/c1-3-4-5-6-7-8-9-10-11-12-13-14-15-16-17-18-19-22-20(23)21-2/h3-19H2,1-2H3,(H2,21,22,23). The number of carbonyl (C=O) groups excluding carboxylic acids is 1. The maximum atomic E-state index is 10.9. The van der Waals surface area contributed by atoms with Crippen LogP contribution in [0.3, 0.4) is 0 Å². The quantitative estimate of drug-likeness (QED) is 0.308. The first kappa shape index (κ1) is 22.3. The average Bonchev–Trinajstić information content (AvgIpc) is 2.57. The summed E-state index contributed by atoms with van der Waals surface area (Å²) >= 11 is 0. The Balaban J connectivity index is 2.99. The van der Waals surface area contributed by atoms with Crippen LogP contribution in [-0.2, 0) is 0 Å². The third-order valence-corrected chi connectivity index (χ3v) is 4.54. The topological polar surface area (TPSA) is 41.1 Å². The third-order valence-electron chi connectivity index (χ3n) is 4.54. The first-order valence-electron chi connectivity index (χ1n) is 10.3. The summed E-state index contributed by atoms with van der Waals surface area (Å²) in [6, 6.07) is -0.0639. The van der Waals surface area contributed by atoms with Crippen molar-refractivity contribution in [3.8, 4) is 0 Å². The second-order valence-corrected chi connectivity index (χ2v) is 6.81. The Kier molecular flexibility index (Phi) is 18.7. The molecule has 0 aliphatic carbocycles. The predicted octanol–water partition coefficient (Wildman–Crippen LogP) is 6.18. The molecular formula is C20H42N2O. The maximum absolute atomic E-state index is 10.9. The molecule has 3 heteroatoms. The molecule has 0 heterocycles. The maximum Gasteiger partial charge on any atom is 0.314 e. The van der Waals surface area contributed by atoms with E-state index in [2.05, 4.69) is 17.6 Å². The van der Waals surface area contributed by atoms with Gasteiger partial charge in [0.15, 0.2) is 0 Å². The van der Waals surface area contributed by atoms with Crippen molar-refractivity contribution in [3.05, 3.63) is 0 Å². The first-order chi connectivity index (χ1) is 11.3. The van der Waals surface area contributed by atoms with Crippen LogP contribution in [-0.4, -0.2) is 19.6 Å². The van der Waals surface area contributed by atoms with Crippen LogP contribution in [0.1, 0.15) is 110 Å². The Bertz CT molecular complexity index is 244. The van der Waals surface area contributed by atoms with Crippen molar-refractivity contribution in [2.24, 2.45) is 0 Å². The highest BCUT2D eigenvalue weighted by Crippen LogP contribution is 2.13. The smallest absolute Gasteiger partial charge is 0.314 e. The van der Waals surface area contributed by atoms with Crippen LogP contribution in [0.25, 0.3) is 0 Å². The molecule has 0 rings (SSSR count). The molecule has 0 radical (unpaired) electrons. The van der Waals surface area contributed by atoms with Gasteiger partial charge in [-0.1, -0.05) is 103 Å². The number of amides is 2. The summed E-state index contributed by atoms with van der Waals surface area (Å²) in [6.07, 6.45) is 22.1. The van der Waals surface area contributed by atoms with Crippen molar-refractivity contribution >= 4 is 6.03 Å². The van der Waals surface area contributed by atoms with E-state index in [1.54, 1.807) is 7.05 Å². The molecule has 23 heavy (non-hydrogen) atoms. The molecule has 0 spiro atoms. The highest BCUT2D eigenvalue weighted by Gasteiger charge is 1.96. The summed E-state index contributed by atoms with van der Waals surface area (Å²) in [6.45, 7) is 3.09. The van der Waals surface area contributed by atoms with Gasteiger partial charge in [-0.25, -0.2) is 4.79 Å². The molecule has 3 nitrogen and oxygen atoms in total. The summed E-state index contributed by atoms with van der Waals surface area (Å²) in [5.74, 6) is 0. The largest absolute Gasteiger partial charge is 0.341 e. The van der Waals surface area contributed by atoms with Gasteiger partial charge in [0.1, 0.15) is 0 Å². The summed E-state index contributed by atoms with van der Waals surface area (Å²) < 4.78 is 0. The van der Waals surface area contributed by atoms with Crippen molar-refractivity contribution in [1.82, 2.24) is 10.6 Å². The Morgan fingerprint density at radius 3 is 1.30 bits per heavy atom. The van der Waals surface area contributed by atoms with Crippen LogP contribution in [0, 0.1) is 0 Å². The molecule has 0 fully saturated rings. The molecular weight excluding hydrogens is 284 g/mol. The molecule has 0 unspecified atom stereocenters. The molecule has 0 aromatic carbocycles. The van der Waals surface area contributed by atoms with Gasteiger partial charge < -0.3 is 10.6 Å². The van der Waals surface area contributed by atoms with E-state index in [1.807, 2.05) is 0 Å². The van der Waals surface area contributed by atoms with Gasteiger partial charge in [-0.05, 0) is 6.42 Å². The fourth-order valence-electron chi connectivity index (χ4n) is 2.96. The van der Waals surface area contributed by atoms with Crippen LogP contribution in [0.5, 0.6) is 0 Å². The van der Waals surface area contributed by atoms with E-state index in [1.165, 1.54) is 96.3 Å². The van der Waals surface area contributed by atoms with Crippen LogP contribution >= 0.6 is 0 Å². The number of carbonyl (C=O) groups is 1. The average molecular weight is 327 g/mol. The number of nitrogens with one attached hydrogen (secondary N) is 2. The van der Waals surface area contributed by atoms with E-state index in [9.17, 15) is 4.79 Å². The fourth-order valence-corrected chi connectivity index (χ4v) is 2.96. The molecule has 0 bridgehead atoms. The lowest BCUT2D eigenvalue weighted by molar-refractivity contribution is 0.242. The van der Waals surface area contributed by atoms with E-state index < -0.39 is 0 Å². The van der Waals surface area contributed by atoms with Gasteiger partial charge >= 0.3 is 6.03 Å². The molecule has 0 saturated heterocycles. The van der Waals surface area contributed by atoms with E-state index in [0.29, 0.717) is 0 Å². The van der Waals surface area contributed by atoms with E-state index in [4.69, 9.17) is 0 Å². The van der Waals surface area contributed by atoms with Crippen LogP contribution in [0.2, 0.25) is 0 Å². The highest BCUT2D eigenvalue weighted by molar-refractivity contribution is 5.73. The Hall–Kier alpha value is -0.730. The van der Waals surface area contributed by atoms with Gasteiger partial charge in [0.05, 0.1) is 0 Å². The predicted molar refractivity (Wildman–Crippen MR) is 102 cm³/mol. The molecule has 2 N–H and O–H groups in total. The van der Waals surface area contributed by atoms with Crippen LogP contribution < -0.4 is 10.6 Å². The zero-order valence-corrected chi connectivity index (χ0v) is 15.9. The molecule has 0 aromatic heterocycles. The number of urea groups is 1. The molecule has 0 aliphatic rings. The first-order valence-corrected chi connectivity index (χ1v) is 10.3. The monoisotopic (exact) mass is 326 g/mol. The lowest BCUT2D eigenvalue weighted by Crippen LogP contribution is -2.33. The minimum Gasteiger partial charge on any atom is -0.341 e. The van der Waals surface area contributed by atoms with Crippen LogP contribution in [0.15, 0.2) is 0 Å². The second-order valence-electron chi connectivity index (χ2n) is 6.81. The Morgan fingerprint density at radius 1 is 0.609 bits per heavy atom. The lowest BCUT2D eigenvalue weighted by atomic mass is 10.0. The Labute approximate surface area is 145 Å². The number of unbranched alkanes of at least 4 members (excludes halogenated alkanes) is 15. The second kappa shape index (κ2) is 19.3. The summed E-state index contributed by atoms with van der Waals surface area (Å²) in [4.78, 5) is 10.9. The SMILES string of the molecule is CCCCCCCCCCCCCCCCCCNC(=O)NC. The molecule has 0 atom stereocenters. The molecule has 138 valence electrons. The van der Waals surface area contributed by atoms with Gasteiger partial charge in [-0.3, -0.25) is 0 Å². The minimum atomic E-state index is -0.0639. The molecule has 0 aromatic rings. The van der Waals surface area contributed by atoms with Crippen molar-refractivity contribution in [3.63, 3.8) is 0 Å². The Morgan fingerprint density at radius 2 is 0.957 bits per heavy atom. The van der Waals surface area contributed by atoms with Gasteiger partial charge in [-0.2, -0.15) is 0 Å². The summed E-state index contributed by atoms with van der Waals surface area (Å²) in [7, 11) is 1.66. The number of hydrogen-bond donors (Lipinski definition) is 2.